The van der Waals surface area contributed by atoms with Crippen molar-refractivity contribution in [1.29, 1.82) is 0 Å². The van der Waals surface area contributed by atoms with Crippen LogP contribution in [0, 0.1) is 0 Å². The lowest BCUT2D eigenvalue weighted by atomic mass is 10.3. The van der Waals surface area contributed by atoms with Gasteiger partial charge in [-0.1, -0.05) is 6.58 Å². The predicted molar refractivity (Wildman–Crippen MR) is 47.9 cm³/mol. The molecule has 0 aliphatic heterocycles. The van der Waals surface area contributed by atoms with Gasteiger partial charge in [-0.15, -0.1) is 0 Å². The van der Waals surface area contributed by atoms with E-state index in [-0.39, 0.29) is 23.4 Å². The topological polar surface area (TPSA) is 46.1 Å². The fourth-order valence-corrected chi connectivity index (χ4v) is 1.06. The van der Waals surface area contributed by atoms with Crippen LogP contribution in [0.3, 0.4) is 0 Å². The number of hydrogen-bond acceptors (Lipinski definition) is 1. The number of carboxylic acid groups (broad SMARTS) is 1. The van der Waals surface area contributed by atoms with Crippen LogP contribution in [0.4, 0.5) is 0 Å². The molecule has 0 aromatic carbocycles. The van der Waals surface area contributed by atoms with Gasteiger partial charge in [-0.05, 0) is 6.42 Å². The number of rotatable bonds is 5. The Hall–Kier alpha value is -1.10. The highest BCUT2D eigenvalue weighted by Gasteiger charge is 2.02. The summed E-state index contributed by atoms with van der Waals surface area (Å²) < 4.78 is 3.76. The third kappa shape index (κ3) is 4.23. The molecule has 14 heavy (non-hydrogen) atoms. The maximum absolute atomic E-state index is 10.2. The molecule has 0 saturated carbocycles. The Labute approximate surface area is 93.2 Å². The Morgan fingerprint density at radius 3 is 2.86 bits per heavy atom. The largest absolute Gasteiger partial charge is 1.00 e. The summed E-state index contributed by atoms with van der Waals surface area (Å²) in [6.45, 7) is 4.34. The van der Waals surface area contributed by atoms with Gasteiger partial charge >= 0.3 is 5.97 Å². The van der Waals surface area contributed by atoms with Crippen LogP contribution >= 0.6 is 0 Å². The van der Waals surface area contributed by atoms with E-state index in [9.17, 15) is 4.79 Å². The molecule has 0 fully saturated rings. The molecule has 0 aliphatic carbocycles. The molecule has 1 rings (SSSR count). The third-order valence-corrected chi connectivity index (χ3v) is 1.73. The van der Waals surface area contributed by atoms with E-state index in [1.165, 1.54) is 0 Å². The van der Waals surface area contributed by atoms with E-state index in [2.05, 4.69) is 6.58 Å². The Morgan fingerprint density at radius 2 is 2.36 bits per heavy atom. The number of aryl methyl sites for hydroxylation is 1. The summed E-state index contributed by atoms with van der Waals surface area (Å²) in [5, 5.41) is 8.41. The van der Waals surface area contributed by atoms with Crippen LogP contribution in [-0.4, -0.2) is 15.6 Å². The van der Waals surface area contributed by atoms with Crippen molar-refractivity contribution >= 4 is 12.2 Å². The van der Waals surface area contributed by atoms with Crippen molar-refractivity contribution in [2.75, 3.05) is 0 Å². The van der Waals surface area contributed by atoms with Gasteiger partial charge in [0, 0.05) is 6.42 Å². The zero-order chi connectivity index (χ0) is 9.68. The van der Waals surface area contributed by atoms with Crippen LogP contribution < -0.4 is 21.5 Å². The Bertz CT molecular complexity index is 310. The minimum Gasteiger partial charge on any atom is -1.00 e. The Kier molecular flexibility index (Phi) is 5.87. The quantitative estimate of drug-likeness (QED) is 0.608. The second kappa shape index (κ2) is 6.37. The first-order valence-corrected chi connectivity index (χ1v) is 4.13. The van der Waals surface area contributed by atoms with Crippen molar-refractivity contribution in [2.24, 2.45) is 0 Å². The number of nitrogens with zero attached hydrogens (tertiary/aromatic N) is 2. The van der Waals surface area contributed by atoms with Gasteiger partial charge in [-0.25, -0.2) is 9.13 Å². The van der Waals surface area contributed by atoms with Crippen molar-refractivity contribution < 1.29 is 31.4 Å². The zero-order valence-corrected chi connectivity index (χ0v) is 9.35. The molecule has 0 unspecified atom stereocenters. The highest BCUT2D eigenvalue weighted by Crippen LogP contribution is 1.89. The van der Waals surface area contributed by atoms with Gasteiger partial charge in [-0.3, -0.25) is 4.79 Å². The molecule has 0 spiro atoms. The van der Waals surface area contributed by atoms with E-state index < -0.39 is 5.97 Å². The fraction of sp³-hybridized carbons (Fsp3) is 0.333. The molecule has 5 heteroatoms. The molecule has 0 amide bonds. The lowest BCUT2D eigenvalue weighted by molar-refractivity contribution is -0.696. The number of hydrogen-bond donors (Lipinski definition) is 1. The molecule has 0 radical (unpaired) electrons. The third-order valence-electron chi connectivity index (χ3n) is 1.73. The minimum atomic E-state index is -0.747. The van der Waals surface area contributed by atoms with Crippen LogP contribution in [0.15, 0.2) is 25.3 Å². The van der Waals surface area contributed by atoms with E-state index in [4.69, 9.17) is 5.11 Å². The average molecular weight is 261 g/mol. The highest BCUT2D eigenvalue weighted by atomic mass is 79.9. The van der Waals surface area contributed by atoms with Crippen molar-refractivity contribution in [3.63, 3.8) is 0 Å². The molecule has 1 aromatic rings. The van der Waals surface area contributed by atoms with Crippen molar-refractivity contribution in [2.45, 2.75) is 19.4 Å². The van der Waals surface area contributed by atoms with Gasteiger partial charge in [0.2, 0.25) is 6.33 Å². The van der Waals surface area contributed by atoms with Gasteiger partial charge in [0.1, 0.15) is 12.4 Å². The maximum Gasteiger partial charge on any atom is 0.303 e. The van der Waals surface area contributed by atoms with Crippen molar-refractivity contribution in [1.82, 2.24) is 4.57 Å². The zero-order valence-electron chi connectivity index (χ0n) is 7.77. The van der Waals surface area contributed by atoms with E-state index >= 15 is 0 Å². The molecule has 0 aliphatic rings. The van der Waals surface area contributed by atoms with Crippen LogP contribution in [0.25, 0.3) is 6.20 Å². The summed E-state index contributed by atoms with van der Waals surface area (Å²) in [5.74, 6) is -0.747. The minimum absolute atomic E-state index is 0. The lowest BCUT2D eigenvalue weighted by Gasteiger charge is -1.92. The van der Waals surface area contributed by atoms with Gasteiger partial charge < -0.3 is 22.1 Å². The molecule has 78 valence electrons. The van der Waals surface area contributed by atoms with Gasteiger partial charge in [0.05, 0.1) is 12.7 Å². The van der Waals surface area contributed by atoms with Crippen molar-refractivity contribution in [3.05, 3.63) is 25.3 Å². The average Bonchev–Trinajstić information content (AvgIpc) is 2.52. The SMILES string of the molecule is C=Cn1cc[n+](CCCC(=O)O)c1.[Br-]. The summed E-state index contributed by atoms with van der Waals surface area (Å²) in [5.41, 5.74) is 0. The summed E-state index contributed by atoms with van der Waals surface area (Å²) in [4.78, 5) is 10.2. The van der Waals surface area contributed by atoms with E-state index in [1.54, 1.807) is 6.20 Å². The number of imidazole rings is 1. The van der Waals surface area contributed by atoms with Gasteiger partial charge in [-0.2, -0.15) is 0 Å². The standard InChI is InChI=1S/C9H12N2O2.BrH/c1-2-10-6-7-11(8-10)5-3-4-9(12)13;/h2,6-8H,1,3-5H2;1H. The first-order valence-electron chi connectivity index (χ1n) is 4.13. The molecule has 1 heterocycles. The molecule has 0 saturated heterocycles. The van der Waals surface area contributed by atoms with E-state index in [1.807, 2.05) is 27.9 Å². The number of carboxylic acids is 1. The summed E-state index contributed by atoms with van der Waals surface area (Å²) in [7, 11) is 0. The first-order chi connectivity index (χ1) is 6.22. The summed E-state index contributed by atoms with van der Waals surface area (Å²) >= 11 is 0. The first kappa shape index (κ1) is 12.9. The summed E-state index contributed by atoms with van der Waals surface area (Å²) in [6, 6.07) is 0. The Morgan fingerprint density at radius 1 is 1.64 bits per heavy atom. The Balaban J connectivity index is 0.00000169. The highest BCUT2D eigenvalue weighted by molar-refractivity contribution is 5.66. The van der Waals surface area contributed by atoms with E-state index in [0.29, 0.717) is 6.42 Å². The lowest BCUT2D eigenvalue weighted by Crippen LogP contribution is -3.00. The number of aliphatic carboxylic acids is 1. The smallest absolute Gasteiger partial charge is 0.303 e. The normalized spacial score (nSPS) is 9.14. The number of carbonyl (C=O) groups is 1. The van der Waals surface area contributed by atoms with Crippen LogP contribution in [0.1, 0.15) is 12.8 Å². The second-order valence-electron chi connectivity index (χ2n) is 2.78. The molecular weight excluding hydrogens is 248 g/mol. The predicted octanol–water partition coefficient (Wildman–Crippen LogP) is -2.26. The van der Waals surface area contributed by atoms with Crippen molar-refractivity contribution in [3.8, 4) is 0 Å². The molecular formula is C9H13BrN2O2. The maximum atomic E-state index is 10.2. The molecule has 0 bridgehead atoms. The number of halogens is 1. The molecule has 1 N–H and O–H groups in total. The summed E-state index contributed by atoms with van der Waals surface area (Å²) in [6.07, 6.45) is 8.19. The molecule has 0 atom stereocenters. The van der Waals surface area contributed by atoms with Crippen LogP contribution in [0.5, 0.6) is 0 Å². The fourth-order valence-electron chi connectivity index (χ4n) is 1.06. The second-order valence-corrected chi connectivity index (χ2v) is 2.78. The van der Waals surface area contributed by atoms with Crippen LogP contribution in [0.2, 0.25) is 0 Å². The molecule has 4 nitrogen and oxygen atoms in total. The van der Waals surface area contributed by atoms with Gasteiger partial charge in [0.25, 0.3) is 0 Å². The van der Waals surface area contributed by atoms with E-state index in [0.717, 1.165) is 6.54 Å². The monoisotopic (exact) mass is 260 g/mol. The molecule has 1 aromatic heterocycles. The van der Waals surface area contributed by atoms with Crippen LogP contribution in [-0.2, 0) is 11.3 Å². The van der Waals surface area contributed by atoms with Gasteiger partial charge in [0.15, 0.2) is 0 Å². The number of aromatic nitrogens is 2.